The second-order valence-corrected chi connectivity index (χ2v) is 8.28. The molecule has 10 heteroatoms. The fourth-order valence-electron chi connectivity index (χ4n) is 2.19. The van der Waals surface area contributed by atoms with Crippen LogP contribution in [0.25, 0.3) is 0 Å². The molecule has 152 valence electrons. The van der Waals surface area contributed by atoms with E-state index in [9.17, 15) is 13.2 Å². The van der Waals surface area contributed by atoms with Crippen molar-refractivity contribution in [3.63, 3.8) is 0 Å². The predicted octanol–water partition coefficient (Wildman–Crippen LogP) is 3.71. The zero-order chi connectivity index (χ0) is 20.7. The smallest absolute Gasteiger partial charge is 0.262 e. The van der Waals surface area contributed by atoms with Gasteiger partial charge in [-0.3, -0.25) is 4.79 Å². The van der Waals surface area contributed by atoms with E-state index < -0.39 is 15.9 Å². The number of hydrogen-bond acceptors (Lipinski definition) is 5. The summed E-state index contributed by atoms with van der Waals surface area (Å²) < 4.78 is 37.2. The van der Waals surface area contributed by atoms with Crippen molar-refractivity contribution in [2.24, 2.45) is 0 Å². The SMILES string of the molecule is CCCNS(=O)(=O)c1ccc(OCC(=O)Nc2cc(Cl)ccc2OC)c(Cl)c1. The molecule has 0 heterocycles. The summed E-state index contributed by atoms with van der Waals surface area (Å²) >= 11 is 12.0. The van der Waals surface area contributed by atoms with Gasteiger partial charge in [0.05, 0.1) is 22.7 Å². The number of nitrogens with one attached hydrogen (secondary N) is 2. The van der Waals surface area contributed by atoms with Crippen molar-refractivity contribution in [2.75, 3.05) is 25.6 Å². The molecule has 0 saturated heterocycles. The highest BCUT2D eigenvalue weighted by atomic mass is 35.5. The first-order valence-electron chi connectivity index (χ1n) is 8.32. The van der Waals surface area contributed by atoms with Crippen molar-refractivity contribution in [3.05, 3.63) is 46.4 Å². The lowest BCUT2D eigenvalue weighted by Crippen LogP contribution is -2.24. The van der Waals surface area contributed by atoms with Gasteiger partial charge in [0, 0.05) is 11.6 Å². The number of hydrogen-bond donors (Lipinski definition) is 2. The second-order valence-electron chi connectivity index (χ2n) is 5.67. The lowest BCUT2D eigenvalue weighted by molar-refractivity contribution is -0.118. The van der Waals surface area contributed by atoms with Gasteiger partial charge in [-0.05, 0) is 42.8 Å². The van der Waals surface area contributed by atoms with Crippen molar-refractivity contribution in [1.82, 2.24) is 4.72 Å². The molecule has 0 aromatic heterocycles. The maximum absolute atomic E-state index is 12.1. The number of sulfonamides is 1. The van der Waals surface area contributed by atoms with E-state index in [2.05, 4.69) is 10.0 Å². The fourth-order valence-corrected chi connectivity index (χ4v) is 3.82. The largest absolute Gasteiger partial charge is 0.495 e. The van der Waals surface area contributed by atoms with E-state index in [1.807, 2.05) is 6.92 Å². The first kappa shape index (κ1) is 22.3. The van der Waals surface area contributed by atoms with Crippen LogP contribution in [0.3, 0.4) is 0 Å². The first-order chi connectivity index (χ1) is 13.3. The van der Waals surface area contributed by atoms with Gasteiger partial charge in [-0.2, -0.15) is 0 Å². The zero-order valence-corrected chi connectivity index (χ0v) is 17.6. The Kier molecular flexibility index (Phi) is 7.94. The summed E-state index contributed by atoms with van der Waals surface area (Å²) in [5.74, 6) is 0.173. The van der Waals surface area contributed by atoms with Crippen LogP contribution in [0.5, 0.6) is 11.5 Å². The summed E-state index contributed by atoms with van der Waals surface area (Å²) in [4.78, 5) is 12.2. The molecule has 0 fully saturated rings. The van der Waals surface area contributed by atoms with Gasteiger partial charge in [-0.1, -0.05) is 30.1 Å². The van der Waals surface area contributed by atoms with Crippen LogP contribution < -0.4 is 19.5 Å². The quantitative estimate of drug-likeness (QED) is 0.612. The van der Waals surface area contributed by atoms with Crippen LogP contribution in [0.1, 0.15) is 13.3 Å². The third-order valence-corrected chi connectivity index (χ3v) is 5.54. The van der Waals surface area contributed by atoms with Crippen LogP contribution in [-0.2, 0) is 14.8 Å². The highest BCUT2D eigenvalue weighted by Crippen LogP contribution is 2.29. The van der Waals surface area contributed by atoms with Gasteiger partial charge in [0.1, 0.15) is 11.5 Å². The van der Waals surface area contributed by atoms with Crippen molar-refractivity contribution < 1.29 is 22.7 Å². The Morgan fingerprint density at radius 1 is 1.11 bits per heavy atom. The highest BCUT2D eigenvalue weighted by molar-refractivity contribution is 7.89. The fraction of sp³-hybridized carbons (Fsp3) is 0.278. The minimum absolute atomic E-state index is 0.0198. The normalized spacial score (nSPS) is 11.1. The molecule has 0 radical (unpaired) electrons. The van der Waals surface area contributed by atoms with Gasteiger partial charge < -0.3 is 14.8 Å². The van der Waals surface area contributed by atoms with Gasteiger partial charge in [0.25, 0.3) is 5.91 Å². The number of carbonyl (C=O) groups is 1. The molecule has 2 rings (SSSR count). The Labute approximate surface area is 174 Å². The Balaban J connectivity index is 2.03. The van der Waals surface area contributed by atoms with Gasteiger partial charge >= 0.3 is 0 Å². The van der Waals surface area contributed by atoms with Gasteiger partial charge in [0.2, 0.25) is 10.0 Å². The molecule has 0 aliphatic rings. The Bertz CT molecular complexity index is 951. The van der Waals surface area contributed by atoms with Crippen LogP contribution in [0.4, 0.5) is 5.69 Å². The maximum atomic E-state index is 12.1. The summed E-state index contributed by atoms with van der Waals surface area (Å²) in [7, 11) is -2.17. The number of carbonyl (C=O) groups excluding carboxylic acids is 1. The van der Waals surface area contributed by atoms with Gasteiger partial charge in [-0.15, -0.1) is 0 Å². The number of benzene rings is 2. The molecule has 0 aliphatic carbocycles. The molecule has 0 unspecified atom stereocenters. The number of ether oxygens (including phenoxy) is 2. The first-order valence-corrected chi connectivity index (χ1v) is 10.6. The molecule has 2 aromatic carbocycles. The van der Waals surface area contributed by atoms with Crippen LogP contribution in [0.15, 0.2) is 41.3 Å². The molecule has 1 amide bonds. The second kappa shape index (κ2) is 9.97. The summed E-state index contributed by atoms with van der Waals surface area (Å²) in [6, 6.07) is 8.84. The van der Waals surface area contributed by atoms with E-state index in [0.29, 0.717) is 29.4 Å². The van der Waals surface area contributed by atoms with Gasteiger partial charge in [0.15, 0.2) is 6.61 Å². The molecule has 0 saturated carbocycles. The van der Waals surface area contributed by atoms with Crippen molar-refractivity contribution in [3.8, 4) is 11.5 Å². The van der Waals surface area contributed by atoms with Crippen LogP contribution in [0, 0.1) is 0 Å². The van der Waals surface area contributed by atoms with Crippen molar-refractivity contribution >= 4 is 44.8 Å². The summed E-state index contributed by atoms with van der Waals surface area (Å²) in [6.45, 7) is 1.84. The van der Waals surface area contributed by atoms with E-state index in [4.69, 9.17) is 32.7 Å². The van der Waals surface area contributed by atoms with Crippen LogP contribution in [0.2, 0.25) is 10.0 Å². The average Bonchev–Trinajstić information content (AvgIpc) is 2.65. The third-order valence-electron chi connectivity index (χ3n) is 3.55. The summed E-state index contributed by atoms with van der Waals surface area (Å²) in [5, 5.41) is 3.14. The maximum Gasteiger partial charge on any atom is 0.262 e. The molecular weight excluding hydrogens is 427 g/mol. The molecule has 7 nitrogen and oxygen atoms in total. The Morgan fingerprint density at radius 3 is 2.46 bits per heavy atom. The lowest BCUT2D eigenvalue weighted by atomic mass is 10.3. The average molecular weight is 447 g/mol. The van der Waals surface area contributed by atoms with Crippen LogP contribution >= 0.6 is 23.2 Å². The number of anilines is 1. The Hall–Kier alpha value is -2.00. The molecule has 0 aliphatic heterocycles. The van der Waals surface area contributed by atoms with E-state index >= 15 is 0 Å². The summed E-state index contributed by atoms with van der Waals surface area (Å²) in [5.41, 5.74) is 0.401. The minimum atomic E-state index is -3.64. The molecule has 0 bridgehead atoms. The molecule has 0 spiro atoms. The zero-order valence-electron chi connectivity index (χ0n) is 15.3. The van der Waals surface area contributed by atoms with Crippen molar-refractivity contribution in [2.45, 2.75) is 18.2 Å². The highest BCUT2D eigenvalue weighted by Gasteiger charge is 2.16. The van der Waals surface area contributed by atoms with E-state index in [0.717, 1.165) is 0 Å². The van der Waals surface area contributed by atoms with Gasteiger partial charge in [-0.25, -0.2) is 13.1 Å². The topological polar surface area (TPSA) is 93.7 Å². The molecule has 2 N–H and O–H groups in total. The molecule has 28 heavy (non-hydrogen) atoms. The van der Waals surface area contributed by atoms with Crippen molar-refractivity contribution in [1.29, 1.82) is 0 Å². The number of methoxy groups -OCH3 is 1. The molecule has 0 atom stereocenters. The number of rotatable bonds is 9. The van der Waals surface area contributed by atoms with E-state index in [-0.39, 0.29) is 22.3 Å². The number of amides is 1. The lowest BCUT2D eigenvalue weighted by Gasteiger charge is -2.12. The van der Waals surface area contributed by atoms with Crippen LogP contribution in [-0.4, -0.2) is 34.6 Å². The Morgan fingerprint density at radius 2 is 1.82 bits per heavy atom. The minimum Gasteiger partial charge on any atom is -0.495 e. The third kappa shape index (κ3) is 6.00. The van der Waals surface area contributed by atoms with E-state index in [1.54, 1.807) is 18.2 Å². The van der Waals surface area contributed by atoms with E-state index in [1.165, 1.54) is 25.3 Å². The summed E-state index contributed by atoms with van der Waals surface area (Å²) in [6.07, 6.45) is 0.667. The number of halogens is 2. The predicted molar refractivity (Wildman–Crippen MR) is 109 cm³/mol. The standard InChI is InChI=1S/C18H20Cl2N2O5S/c1-3-8-21-28(24,25)13-5-7-16(14(20)10-13)27-11-18(23)22-15-9-12(19)4-6-17(15)26-2/h4-7,9-10,21H,3,8,11H2,1-2H3,(H,22,23). The molecule has 2 aromatic rings. The molecular formula is C18H20Cl2N2O5S. The monoisotopic (exact) mass is 446 g/mol.